The average molecular weight is 551 g/mol. The first-order valence-corrected chi connectivity index (χ1v) is 14.5. The molecule has 0 spiro atoms. The summed E-state index contributed by atoms with van der Waals surface area (Å²) in [4.78, 5) is 0. The van der Waals surface area contributed by atoms with Crippen molar-refractivity contribution >= 4 is 76.4 Å². The molecule has 0 atom stereocenters. The van der Waals surface area contributed by atoms with Crippen LogP contribution in [0, 0.1) is 0 Å². The molecule has 10 aromatic rings. The zero-order valence-corrected chi connectivity index (χ0v) is 22.9. The van der Waals surface area contributed by atoms with Gasteiger partial charge in [0.15, 0.2) is 0 Å². The third-order valence-corrected chi connectivity index (χ3v) is 8.94. The standard InChI is InChI=1S/C40H22O3/c1-3-12-27-25(10-1)37(30-15-8-18-34-39(30)32-21-23-19-20-41-35(23)22-36(32)42-34)26-11-2-4-13-28(26)38(27)31-16-7-14-29-24-9-5-6-17-33(24)43-40(29)31/h1-22H. The summed E-state index contributed by atoms with van der Waals surface area (Å²) in [5, 5.41) is 10.3. The molecule has 3 nitrogen and oxygen atoms in total. The Kier molecular flexibility index (Phi) is 4.45. The highest BCUT2D eigenvalue weighted by molar-refractivity contribution is 6.27. The summed E-state index contributed by atoms with van der Waals surface area (Å²) in [5.41, 5.74) is 8.97. The highest BCUT2D eigenvalue weighted by Gasteiger charge is 2.22. The van der Waals surface area contributed by atoms with Crippen LogP contribution in [-0.2, 0) is 0 Å². The lowest BCUT2D eigenvalue weighted by Gasteiger charge is -2.18. The van der Waals surface area contributed by atoms with Crippen molar-refractivity contribution in [3.63, 3.8) is 0 Å². The Bertz CT molecular complexity index is 2680. The average Bonchev–Trinajstić information content (AvgIpc) is 3.77. The Balaban J connectivity index is 1.37. The van der Waals surface area contributed by atoms with E-state index in [9.17, 15) is 0 Å². The molecule has 3 heterocycles. The van der Waals surface area contributed by atoms with E-state index < -0.39 is 0 Å². The first-order chi connectivity index (χ1) is 21.3. The van der Waals surface area contributed by atoms with E-state index in [1.54, 1.807) is 6.26 Å². The van der Waals surface area contributed by atoms with Gasteiger partial charge in [0.2, 0.25) is 0 Å². The largest absolute Gasteiger partial charge is 0.464 e. The van der Waals surface area contributed by atoms with E-state index >= 15 is 0 Å². The minimum Gasteiger partial charge on any atom is -0.464 e. The third kappa shape index (κ3) is 3.08. The molecule has 0 aliphatic carbocycles. The molecular weight excluding hydrogens is 528 g/mol. The highest BCUT2D eigenvalue weighted by atomic mass is 16.3. The molecule has 0 saturated heterocycles. The molecule has 3 aromatic heterocycles. The van der Waals surface area contributed by atoms with Gasteiger partial charge < -0.3 is 13.3 Å². The van der Waals surface area contributed by atoms with Crippen LogP contribution in [0.15, 0.2) is 147 Å². The van der Waals surface area contributed by atoms with Gasteiger partial charge in [-0.15, -0.1) is 0 Å². The molecule has 0 unspecified atom stereocenters. The second-order valence-corrected chi connectivity index (χ2v) is 11.2. The minimum atomic E-state index is 0.826. The lowest BCUT2D eigenvalue weighted by Crippen LogP contribution is -1.91. The molecule has 200 valence electrons. The summed E-state index contributed by atoms with van der Waals surface area (Å²) in [6.45, 7) is 0. The smallest absolute Gasteiger partial charge is 0.143 e. The van der Waals surface area contributed by atoms with Gasteiger partial charge in [0.1, 0.15) is 27.9 Å². The topological polar surface area (TPSA) is 39.4 Å². The maximum Gasteiger partial charge on any atom is 0.143 e. The number of hydrogen-bond acceptors (Lipinski definition) is 3. The normalized spacial score (nSPS) is 12.2. The fourth-order valence-electron chi connectivity index (χ4n) is 7.14. The van der Waals surface area contributed by atoms with Gasteiger partial charge in [-0.3, -0.25) is 0 Å². The van der Waals surface area contributed by atoms with Crippen LogP contribution in [0.2, 0.25) is 0 Å². The summed E-state index contributed by atoms with van der Waals surface area (Å²) in [7, 11) is 0. The Morgan fingerprint density at radius 3 is 1.74 bits per heavy atom. The van der Waals surface area contributed by atoms with E-state index in [4.69, 9.17) is 13.3 Å². The number of furan rings is 3. The Labute approximate surface area is 245 Å². The summed E-state index contributed by atoms with van der Waals surface area (Å²) in [6, 6.07) is 44.9. The number of fused-ring (bicyclic) bond motifs is 9. The van der Waals surface area contributed by atoms with Gasteiger partial charge in [-0.1, -0.05) is 97.1 Å². The van der Waals surface area contributed by atoms with E-state index in [1.165, 1.54) is 32.7 Å². The molecule has 0 fully saturated rings. The van der Waals surface area contributed by atoms with Gasteiger partial charge >= 0.3 is 0 Å². The van der Waals surface area contributed by atoms with Crippen molar-refractivity contribution in [1.29, 1.82) is 0 Å². The van der Waals surface area contributed by atoms with Crippen LogP contribution in [-0.4, -0.2) is 0 Å². The van der Waals surface area contributed by atoms with Crippen molar-refractivity contribution < 1.29 is 13.3 Å². The zero-order valence-electron chi connectivity index (χ0n) is 22.9. The molecule has 0 saturated carbocycles. The van der Waals surface area contributed by atoms with Crippen molar-refractivity contribution in [2.45, 2.75) is 0 Å². The molecule has 0 aliphatic heterocycles. The van der Waals surface area contributed by atoms with Gasteiger partial charge in [-0.2, -0.15) is 0 Å². The van der Waals surface area contributed by atoms with Crippen LogP contribution in [0.1, 0.15) is 0 Å². The summed E-state index contributed by atoms with van der Waals surface area (Å²) in [6.07, 6.45) is 1.73. The van der Waals surface area contributed by atoms with Crippen LogP contribution < -0.4 is 0 Å². The maximum absolute atomic E-state index is 6.55. The molecule has 0 aliphatic rings. The molecule has 0 amide bonds. The van der Waals surface area contributed by atoms with Gasteiger partial charge in [0, 0.05) is 44.1 Å². The van der Waals surface area contributed by atoms with Crippen LogP contribution in [0.5, 0.6) is 0 Å². The number of hydrogen-bond donors (Lipinski definition) is 0. The molecule has 0 radical (unpaired) electrons. The second kappa shape index (κ2) is 8.37. The van der Waals surface area contributed by atoms with E-state index in [-0.39, 0.29) is 0 Å². The fraction of sp³-hybridized carbons (Fsp3) is 0. The van der Waals surface area contributed by atoms with Gasteiger partial charge in [-0.25, -0.2) is 0 Å². The summed E-state index contributed by atoms with van der Waals surface area (Å²) in [5.74, 6) is 0. The van der Waals surface area contributed by atoms with E-state index in [0.717, 1.165) is 66.0 Å². The van der Waals surface area contributed by atoms with Gasteiger partial charge in [0.25, 0.3) is 0 Å². The summed E-state index contributed by atoms with van der Waals surface area (Å²) < 4.78 is 18.7. The van der Waals surface area contributed by atoms with Gasteiger partial charge in [0.05, 0.1) is 6.26 Å². The Morgan fingerprint density at radius 1 is 0.372 bits per heavy atom. The van der Waals surface area contributed by atoms with Crippen molar-refractivity contribution in [3.05, 3.63) is 134 Å². The second-order valence-electron chi connectivity index (χ2n) is 11.2. The molecule has 3 heteroatoms. The monoisotopic (exact) mass is 550 g/mol. The predicted octanol–water partition coefficient (Wildman–Crippen LogP) is 11.9. The number of benzene rings is 7. The summed E-state index contributed by atoms with van der Waals surface area (Å²) >= 11 is 0. The first-order valence-electron chi connectivity index (χ1n) is 14.5. The number of rotatable bonds is 2. The molecule has 43 heavy (non-hydrogen) atoms. The van der Waals surface area contributed by atoms with Crippen LogP contribution in [0.4, 0.5) is 0 Å². The van der Waals surface area contributed by atoms with Crippen LogP contribution >= 0.6 is 0 Å². The SMILES string of the molecule is c1ccc2c(c1)oc1c(-c3c4ccccc4c(-c4cccc5oc6cc7occc7cc6c45)c4ccccc34)cccc12. The highest BCUT2D eigenvalue weighted by Crippen LogP contribution is 2.48. The van der Waals surface area contributed by atoms with E-state index in [0.29, 0.717) is 0 Å². The number of para-hydroxylation sites is 2. The molecule has 0 N–H and O–H groups in total. The fourth-order valence-corrected chi connectivity index (χ4v) is 7.14. The lowest BCUT2D eigenvalue weighted by molar-refractivity contribution is 0.613. The van der Waals surface area contributed by atoms with Crippen molar-refractivity contribution in [2.75, 3.05) is 0 Å². The van der Waals surface area contributed by atoms with Crippen LogP contribution in [0.3, 0.4) is 0 Å². The minimum absolute atomic E-state index is 0.826. The molecular formula is C40H22O3. The third-order valence-electron chi connectivity index (χ3n) is 8.94. The predicted molar refractivity (Wildman–Crippen MR) is 177 cm³/mol. The Morgan fingerprint density at radius 2 is 0.977 bits per heavy atom. The maximum atomic E-state index is 6.55. The first kappa shape index (κ1) is 22.8. The Hall–Kier alpha value is -5.80. The van der Waals surface area contributed by atoms with Crippen molar-refractivity contribution in [2.24, 2.45) is 0 Å². The zero-order chi connectivity index (χ0) is 28.1. The van der Waals surface area contributed by atoms with Crippen LogP contribution in [0.25, 0.3) is 98.6 Å². The van der Waals surface area contributed by atoms with Crippen molar-refractivity contribution in [1.82, 2.24) is 0 Å². The van der Waals surface area contributed by atoms with Gasteiger partial charge in [-0.05, 0) is 56.9 Å². The van der Waals surface area contributed by atoms with Crippen molar-refractivity contribution in [3.8, 4) is 22.3 Å². The molecule has 10 rings (SSSR count). The quantitative estimate of drug-likeness (QED) is 0.201. The van der Waals surface area contributed by atoms with E-state index in [1.807, 2.05) is 24.3 Å². The lowest BCUT2D eigenvalue weighted by atomic mass is 9.84. The molecule has 7 aromatic carbocycles. The molecule has 0 bridgehead atoms. The van der Waals surface area contributed by atoms with E-state index in [2.05, 4.69) is 103 Å².